The van der Waals surface area contributed by atoms with E-state index >= 15 is 0 Å². The van der Waals surface area contributed by atoms with Crippen LogP contribution in [-0.4, -0.2) is 12.4 Å². The molecule has 0 radical (unpaired) electrons. The van der Waals surface area contributed by atoms with Crippen LogP contribution < -0.4 is 0 Å². The van der Waals surface area contributed by atoms with Gasteiger partial charge in [0.1, 0.15) is 5.78 Å². The van der Waals surface area contributed by atoms with Crippen molar-refractivity contribution in [1.82, 2.24) is 0 Å². The Hall–Kier alpha value is -1.67. The molecule has 2 nitrogen and oxygen atoms in total. The number of ether oxygens (including phenoxy) is 1. The number of hydrogen-bond donors (Lipinski definition) is 0. The van der Waals surface area contributed by atoms with E-state index < -0.39 is 0 Å². The zero-order chi connectivity index (χ0) is 12.8. The molecule has 0 atom stereocenters. The van der Waals surface area contributed by atoms with E-state index in [-0.39, 0.29) is 5.78 Å². The van der Waals surface area contributed by atoms with Gasteiger partial charge in [-0.1, -0.05) is 43.3 Å². The molecule has 0 N–H and O–H groups in total. The van der Waals surface area contributed by atoms with Crippen LogP contribution in [0.1, 0.15) is 25.3 Å². The van der Waals surface area contributed by atoms with Crippen LogP contribution in [0, 0.1) is 0 Å². The fourth-order valence-electron chi connectivity index (χ4n) is 1.88. The number of carbonyl (C=O) groups is 1. The summed E-state index contributed by atoms with van der Waals surface area (Å²) < 4.78 is 5.52. The fraction of sp³-hybridized carbons (Fsp3) is 0.312. The molecule has 0 heterocycles. The average Bonchev–Trinajstić information content (AvgIpc) is 2.43. The second-order valence-corrected chi connectivity index (χ2v) is 4.38. The van der Waals surface area contributed by atoms with Gasteiger partial charge in [-0.2, -0.15) is 0 Å². The summed E-state index contributed by atoms with van der Waals surface area (Å²) in [7, 11) is 0. The molecule has 0 fully saturated rings. The molecule has 2 heteroatoms. The maximum atomic E-state index is 11.1. The lowest BCUT2D eigenvalue weighted by atomic mass is 10.1. The SMILES string of the molecule is CCC(=O)CCOCc1ccc2ccccc2c1. The molecule has 0 aliphatic rings. The molecule has 94 valence electrons. The first-order valence-corrected chi connectivity index (χ1v) is 6.36. The van der Waals surface area contributed by atoms with E-state index in [4.69, 9.17) is 4.74 Å². The lowest BCUT2D eigenvalue weighted by molar-refractivity contribution is -0.119. The molecular weight excluding hydrogens is 224 g/mol. The quantitative estimate of drug-likeness (QED) is 0.721. The average molecular weight is 242 g/mol. The van der Waals surface area contributed by atoms with Crippen molar-refractivity contribution in [1.29, 1.82) is 0 Å². The molecule has 0 amide bonds. The van der Waals surface area contributed by atoms with Crippen molar-refractivity contribution in [2.75, 3.05) is 6.61 Å². The zero-order valence-electron chi connectivity index (χ0n) is 10.7. The Kier molecular flexibility index (Phi) is 4.48. The van der Waals surface area contributed by atoms with Gasteiger partial charge < -0.3 is 4.74 Å². The van der Waals surface area contributed by atoms with Crippen LogP contribution in [0.15, 0.2) is 42.5 Å². The first-order valence-electron chi connectivity index (χ1n) is 6.36. The molecule has 2 aromatic carbocycles. The summed E-state index contributed by atoms with van der Waals surface area (Å²) in [6.45, 7) is 2.97. The number of hydrogen-bond acceptors (Lipinski definition) is 2. The molecule has 0 spiro atoms. The van der Waals surface area contributed by atoms with Crippen LogP contribution in [0.4, 0.5) is 0 Å². The second kappa shape index (κ2) is 6.31. The number of ketones is 1. The summed E-state index contributed by atoms with van der Waals surface area (Å²) >= 11 is 0. The molecule has 0 aliphatic carbocycles. The molecule has 0 aromatic heterocycles. The first-order chi connectivity index (χ1) is 8.79. The highest BCUT2D eigenvalue weighted by molar-refractivity contribution is 5.82. The monoisotopic (exact) mass is 242 g/mol. The maximum absolute atomic E-state index is 11.1. The predicted octanol–water partition coefficient (Wildman–Crippen LogP) is 3.73. The third-order valence-electron chi connectivity index (χ3n) is 3.00. The van der Waals surface area contributed by atoms with Gasteiger partial charge in [-0.25, -0.2) is 0 Å². The number of benzene rings is 2. The van der Waals surface area contributed by atoms with Crippen LogP contribution in [0.3, 0.4) is 0 Å². The molecule has 18 heavy (non-hydrogen) atoms. The van der Waals surface area contributed by atoms with Gasteiger partial charge in [0.05, 0.1) is 13.2 Å². The Morgan fingerprint density at radius 3 is 2.67 bits per heavy atom. The summed E-state index contributed by atoms with van der Waals surface area (Å²) in [5, 5.41) is 2.46. The Labute approximate surface area is 108 Å². The van der Waals surface area contributed by atoms with Crippen LogP contribution in [0.2, 0.25) is 0 Å². The number of Topliss-reactive ketones (excluding diaryl/α,β-unsaturated/α-hetero) is 1. The highest BCUT2D eigenvalue weighted by Crippen LogP contribution is 2.16. The molecule has 0 unspecified atom stereocenters. The summed E-state index contributed by atoms with van der Waals surface area (Å²) in [5.74, 6) is 0.258. The van der Waals surface area contributed by atoms with Gasteiger partial charge >= 0.3 is 0 Å². The first kappa shape index (κ1) is 12.8. The third kappa shape index (κ3) is 3.41. The molecule has 2 rings (SSSR count). The van der Waals surface area contributed by atoms with E-state index in [0.717, 1.165) is 5.56 Å². The van der Waals surface area contributed by atoms with Crippen molar-refractivity contribution in [3.8, 4) is 0 Å². The molecular formula is C16H18O2. The maximum Gasteiger partial charge on any atom is 0.134 e. The van der Waals surface area contributed by atoms with E-state index in [2.05, 4.69) is 30.3 Å². The van der Waals surface area contributed by atoms with Crippen LogP contribution in [0.5, 0.6) is 0 Å². The van der Waals surface area contributed by atoms with Crippen molar-refractivity contribution in [3.05, 3.63) is 48.0 Å². The fourth-order valence-corrected chi connectivity index (χ4v) is 1.88. The third-order valence-corrected chi connectivity index (χ3v) is 3.00. The van der Waals surface area contributed by atoms with Crippen molar-refractivity contribution in [3.63, 3.8) is 0 Å². The predicted molar refractivity (Wildman–Crippen MR) is 73.5 cm³/mol. The van der Waals surface area contributed by atoms with Gasteiger partial charge in [0.25, 0.3) is 0 Å². The minimum absolute atomic E-state index is 0.258. The Balaban J connectivity index is 1.90. The molecule has 0 saturated carbocycles. The van der Waals surface area contributed by atoms with E-state index in [1.165, 1.54) is 10.8 Å². The van der Waals surface area contributed by atoms with Gasteiger partial charge in [-0.05, 0) is 22.4 Å². The topological polar surface area (TPSA) is 26.3 Å². The Morgan fingerprint density at radius 2 is 1.89 bits per heavy atom. The van der Waals surface area contributed by atoms with Gasteiger partial charge in [0, 0.05) is 12.8 Å². The standard InChI is InChI=1S/C16H18O2/c1-2-16(17)9-10-18-12-13-7-8-14-5-3-4-6-15(14)11-13/h3-8,11H,2,9-10,12H2,1H3. The second-order valence-electron chi connectivity index (χ2n) is 4.38. The number of fused-ring (bicyclic) bond motifs is 1. The summed E-state index contributed by atoms with van der Waals surface area (Å²) in [6.07, 6.45) is 1.11. The lowest BCUT2D eigenvalue weighted by Gasteiger charge is -2.05. The minimum atomic E-state index is 0.258. The van der Waals surface area contributed by atoms with Crippen molar-refractivity contribution < 1.29 is 9.53 Å². The van der Waals surface area contributed by atoms with Crippen LogP contribution in [-0.2, 0) is 16.1 Å². The van der Waals surface area contributed by atoms with Gasteiger partial charge in [0.15, 0.2) is 0 Å². The summed E-state index contributed by atoms with van der Waals surface area (Å²) in [6, 6.07) is 14.6. The zero-order valence-corrected chi connectivity index (χ0v) is 10.7. The highest BCUT2D eigenvalue weighted by Gasteiger charge is 1.99. The minimum Gasteiger partial charge on any atom is -0.376 e. The van der Waals surface area contributed by atoms with Crippen molar-refractivity contribution >= 4 is 16.6 Å². The largest absolute Gasteiger partial charge is 0.376 e. The highest BCUT2D eigenvalue weighted by atomic mass is 16.5. The van der Waals surface area contributed by atoms with E-state index in [0.29, 0.717) is 26.1 Å². The van der Waals surface area contributed by atoms with Crippen molar-refractivity contribution in [2.24, 2.45) is 0 Å². The molecule has 0 saturated heterocycles. The Morgan fingerprint density at radius 1 is 1.11 bits per heavy atom. The van der Waals surface area contributed by atoms with E-state index in [1.54, 1.807) is 0 Å². The molecule has 0 bridgehead atoms. The van der Waals surface area contributed by atoms with Gasteiger partial charge in [0.2, 0.25) is 0 Å². The summed E-state index contributed by atoms with van der Waals surface area (Å²) in [5.41, 5.74) is 1.15. The Bertz CT molecular complexity index is 531. The molecule has 2 aromatic rings. The van der Waals surface area contributed by atoms with E-state index in [1.807, 2.05) is 19.1 Å². The summed E-state index contributed by atoms with van der Waals surface area (Å²) in [4.78, 5) is 11.1. The normalized spacial score (nSPS) is 10.7. The lowest BCUT2D eigenvalue weighted by Crippen LogP contribution is -2.02. The van der Waals surface area contributed by atoms with E-state index in [9.17, 15) is 4.79 Å². The number of carbonyl (C=O) groups excluding carboxylic acids is 1. The number of rotatable bonds is 6. The van der Waals surface area contributed by atoms with Crippen LogP contribution in [0.25, 0.3) is 10.8 Å². The van der Waals surface area contributed by atoms with Crippen molar-refractivity contribution in [2.45, 2.75) is 26.4 Å². The van der Waals surface area contributed by atoms with Crippen LogP contribution >= 0.6 is 0 Å². The van der Waals surface area contributed by atoms with Gasteiger partial charge in [-0.3, -0.25) is 4.79 Å². The molecule has 0 aliphatic heterocycles. The smallest absolute Gasteiger partial charge is 0.134 e. The van der Waals surface area contributed by atoms with Gasteiger partial charge in [-0.15, -0.1) is 0 Å².